The molecule has 0 saturated heterocycles. The Balaban J connectivity index is 0.00000231. The van der Waals surface area contributed by atoms with E-state index in [4.69, 9.17) is 14.2 Å². The van der Waals surface area contributed by atoms with Gasteiger partial charge in [0, 0.05) is 31.2 Å². The van der Waals surface area contributed by atoms with Crippen molar-refractivity contribution in [1.29, 1.82) is 0 Å². The van der Waals surface area contributed by atoms with Gasteiger partial charge in [0.1, 0.15) is 11.3 Å². The van der Waals surface area contributed by atoms with Gasteiger partial charge in [0.2, 0.25) is 5.79 Å². The molecule has 5 rings (SSSR count). The molecule has 0 aliphatic heterocycles. The van der Waals surface area contributed by atoms with E-state index in [1.54, 1.807) is 21.3 Å². The molecule has 5 nitrogen and oxygen atoms in total. The summed E-state index contributed by atoms with van der Waals surface area (Å²) >= 11 is 0. The third-order valence-corrected chi connectivity index (χ3v) is 5.77. The fourth-order valence-electron chi connectivity index (χ4n) is 4.43. The Bertz CT molecular complexity index is 1380. The number of fused-ring (bicyclic) bond motifs is 5. The Kier molecular flexibility index (Phi) is 5.58. The van der Waals surface area contributed by atoms with E-state index < -0.39 is 5.79 Å². The van der Waals surface area contributed by atoms with E-state index in [-0.39, 0.29) is 12.4 Å². The van der Waals surface area contributed by atoms with Crippen LogP contribution in [0, 0.1) is 0 Å². The first-order valence-electron chi connectivity index (χ1n) is 9.82. The highest BCUT2D eigenvalue weighted by Crippen LogP contribution is 2.41. The summed E-state index contributed by atoms with van der Waals surface area (Å²) in [6, 6.07) is 26.5. The number of para-hydroxylation sites is 3. The molecule has 2 aromatic heterocycles. The van der Waals surface area contributed by atoms with Gasteiger partial charge in [-0.15, -0.1) is 0 Å². The number of rotatable bonds is 5. The van der Waals surface area contributed by atoms with E-state index in [9.17, 15) is 0 Å². The van der Waals surface area contributed by atoms with Crippen LogP contribution in [0.3, 0.4) is 0 Å². The van der Waals surface area contributed by atoms with E-state index >= 15 is 0 Å². The highest BCUT2D eigenvalue weighted by Gasteiger charge is 2.39. The molecule has 6 heteroatoms. The molecule has 158 valence electrons. The van der Waals surface area contributed by atoms with Crippen LogP contribution < -0.4 is 21.5 Å². The summed E-state index contributed by atoms with van der Waals surface area (Å²) in [4.78, 5) is 3.49. The Morgan fingerprint density at radius 3 is 2.16 bits per heavy atom. The van der Waals surface area contributed by atoms with Gasteiger partial charge in [-0.2, -0.15) is 4.40 Å². The number of benzene rings is 3. The zero-order valence-corrected chi connectivity index (χ0v) is 18.3. The molecule has 0 spiro atoms. The fraction of sp³-hybridized carbons (Fsp3) is 0.160. The Labute approximate surface area is 186 Å². The number of halogens is 1. The number of hydrogen-bond donors (Lipinski definition) is 1. The average molecular weight is 435 g/mol. The number of H-pyrrole nitrogens is 1. The number of pyridine rings is 1. The van der Waals surface area contributed by atoms with Gasteiger partial charge in [-0.25, -0.2) is 4.98 Å². The van der Waals surface area contributed by atoms with Gasteiger partial charge >= 0.3 is 0 Å². The minimum absolute atomic E-state index is 0. The van der Waals surface area contributed by atoms with Crippen LogP contribution in [0.25, 0.3) is 27.6 Å². The number of imidazole rings is 1. The maximum Gasteiger partial charge on any atom is 0.285 e. The third kappa shape index (κ3) is 3.05. The molecule has 0 aliphatic carbocycles. The van der Waals surface area contributed by atoms with Gasteiger partial charge in [0.05, 0.1) is 12.7 Å². The van der Waals surface area contributed by atoms with Crippen molar-refractivity contribution in [3.05, 3.63) is 90.0 Å². The van der Waals surface area contributed by atoms with Crippen LogP contribution in [0.4, 0.5) is 0 Å². The van der Waals surface area contributed by atoms with Crippen LogP contribution in [0.1, 0.15) is 11.1 Å². The minimum atomic E-state index is -1.12. The summed E-state index contributed by atoms with van der Waals surface area (Å²) in [5.41, 5.74) is 6.02. The molecule has 0 amide bonds. The summed E-state index contributed by atoms with van der Waals surface area (Å²) < 4.78 is 20.0. The largest absolute Gasteiger partial charge is 1.00 e. The molecule has 3 aromatic carbocycles. The van der Waals surface area contributed by atoms with Gasteiger partial charge < -0.3 is 26.6 Å². The van der Waals surface area contributed by atoms with Crippen molar-refractivity contribution in [2.24, 2.45) is 0 Å². The Morgan fingerprint density at radius 2 is 1.39 bits per heavy atom. The van der Waals surface area contributed by atoms with Crippen molar-refractivity contribution < 1.29 is 31.0 Å². The molecule has 2 heterocycles. The lowest BCUT2D eigenvalue weighted by Gasteiger charge is -2.33. The van der Waals surface area contributed by atoms with Gasteiger partial charge in [0.15, 0.2) is 11.0 Å². The summed E-state index contributed by atoms with van der Waals surface area (Å²) in [6.45, 7) is 0. The van der Waals surface area contributed by atoms with Crippen LogP contribution in [0.5, 0.6) is 5.75 Å². The predicted molar refractivity (Wildman–Crippen MR) is 117 cm³/mol. The van der Waals surface area contributed by atoms with Crippen molar-refractivity contribution in [3.8, 4) is 5.75 Å². The zero-order valence-electron chi connectivity index (χ0n) is 17.6. The molecule has 0 fully saturated rings. The van der Waals surface area contributed by atoms with Crippen LogP contribution in [-0.2, 0) is 15.3 Å². The first kappa shape index (κ1) is 21.1. The maximum atomic E-state index is 6.07. The van der Waals surface area contributed by atoms with E-state index in [0.29, 0.717) is 5.75 Å². The number of aromatic nitrogens is 2. The highest BCUT2D eigenvalue weighted by molar-refractivity contribution is 5.85. The number of methoxy groups -OCH3 is 3. The van der Waals surface area contributed by atoms with E-state index in [1.165, 1.54) is 0 Å². The minimum Gasteiger partial charge on any atom is -1.00 e. The standard InChI is InChI=1S/C25H22N2O3.ClH/c1-28-23-14-7-4-9-19(23)25(29-2,30-3)18-10-8-13-21-17(18)15-16-24-26-20-11-5-6-12-22(20)27(21)24;/h4-16H,1-3H3;1H. The zero-order chi connectivity index (χ0) is 20.7. The Hall–Kier alpha value is -3.12. The molecule has 0 atom stereocenters. The van der Waals surface area contributed by atoms with Gasteiger partial charge in [-0.1, -0.05) is 36.4 Å². The molecular weight excluding hydrogens is 412 g/mol. The lowest BCUT2D eigenvalue weighted by molar-refractivity contribution is -0.449. The molecule has 0 aliphatic rings. The van der Waals surface area contributed by atoms with Gasteiger partial charge in [-0.05, 0) is 36.4 Å². The van der Waals surface area contributed by atoms with Crippen molar-refractivity contribution in [3.63, 3.8) is 0 Å². The molecule has 0 bridgehead atoms. The molecule has 31 heavy (non-hydrogen) atoms. The molecule has 5 aromatic rings. The lowest BCUT2D eigenvalue weighted by Crippen LogP contribution is -3.00. The fourth-order valence-corrected chi connectivity index (χ4v) is 4.43. The van der Waals surface area contributed by atoms with E-state index in [2.05, 4.69) is 45.8 Å². The van der Waals surface area contributed by atoms with Gasteiger partial charge in [0.25, 0.3) is 5.65 Å². The third-order valence-electron chi connectivity index (χ3n) is 5.77. The maximum absolute atomic E-state index is 6.07. The lowest BCUT2D eigenvalue weighted by atomic mass is 9.92. The molecule has 1 N–H and O–H groups in total. The average Bonchev–Trinajstić information content (AvgIpc) is 3.20. The van der Waals surface area contributed by atoms with Crippen molar-refractivity contribution in [1.82, 2.24) is 4.98 Å². The van der Waals surface area contributed by atoms with Crippen molar-refractivity contribution in [2.45, 2.75) is 5.79 Å². The van der Waals surface area contributed by atoms with Crippen molar-refractivity contribution in [2.75, 3.05) is 21.3 Å². The number of nitrogens with zero attached hydrogens (tertiary/aromatic N) is 1. The smallest absolute Gasteiger partial charge is 0.285 e. The second-order valence-corrected chi connectivity index (χ2v) is 7.16. The van der Waals surface area contributed by atoms with Crippen LogP contribution in [-0.4, -0.2) is 26.3 Å². The monoisotopic (exact) mass is 434 g/mol. The number of nitrogens with one attached hydrogen (secondary N) is 1. The summed E-state index contributed by atoms with van der Waals surface area (Å²) in [5, 5.41) is 1.04. The van der Waals surface area contributed by atoms with Gasteiger partial charge in [-0.3, -0.25) is 0 Å². The molecular formula is C25H23ClN2O3. The molecule has 0 radical (unpaired) electrons. The summed E-state index contributed by atoms with van der Waals surface area (Å²) in [6.07, 6.45) is 0. The van der Waals surface area contributed by atoms with Crippen LogP contribution >= 0.6 is 0 Å². The van der Waals surface area contributed by atoms with E-state index in [1.807, 2.05) is 42.5 Å². The topological polar surface area (TPSA) is 47.6 Å². The second kappa shape index (κ2) is 8.19. The van der Waals surface area contributed by atoms with E-state index in [0.717, 1.165) is 38.7 Å². The number of hydrogen-bond acceptors (Lipinski definition) is 3. The molecule has 0 saturated carbocycles. The SMILES string of the molecule is COc1ccccc1C(OC)(OC)c1cccc2c1ccc1[nH]c3ccccc3[n+]12.[Cl-]. The number of aromatic amines is 1. The Morgan fingerprint density at radius 1 is 0.710 bits per heavy atom. The normalized spacial score (nSPS) is 11.7. The first-order valence-corrected chi connectivity index (χ1v) is 9.82. The molecule has 0 unspecified atom stereocenters. The first-order chi connectivity index (χ1) is 14.7. The quantitative estimate of drug-likeness (QED) is 0.337. The second-order valence-electron chi connectivity index (χ2n) is 7.16. The highest BCUT2D eigenvalue weighted by atomic mass is 35.5. The number of ether oxygens (including phenoxy) is 3. The van der Waals surface area contributed by atoms with Crippen LogP contribution in [0.2, 0.25) is 0 Å². The van der Waals surface area contributed by atoms with Crippen LogP contribution in [0.15, 0.2) is 78.9 Å². The predicted octanol–water partition coefficient (Wildman–Crippen LogP) is 1.57. The van der Waals surface area contributed by atoms with Crippen molar-refractivity contribution >= 4 is 27.6 Å². The summed E-state index contributed by atoms with van der Waals surface area (Å²) in [5.74, 6) is -0.411. The summed E-state index contributed by atoms with van der Waals surface area (Å²) in [7, 11) is 4.97.